The van der Waals surface area contributed by atoms with E-state index in [4.69, 9.17) is 4.42 Å². The Kier molecular flexibility index (Phi) is 5.04. The lowest BCUT2D eigenvalue weighted by Crippen LogP contribution is -2.82. The van der Waals surface area contributed by atoms with E-state index in [0.717, 1.165) is 59.4 Å². The molecule has 2 aromatic heterocycles. The van der Waals surface area contributed by atoms with E-state index in [1.54, 1.807) is 6.07 Å². The molecule has 2 heterocycles. The van der Waals surface area contributed by atoms with Crippen LogP contribution in [0.3, 0.4) is 0 Å². The number of quaternary nitrogens is 1. The van der Waals surface area contributed by atoms with E-state index in [1.807, 2.05) is 20.8 Å². The minimum Gasteiger partial charge on any atom is -0.422 e. The summed E-state index contributed by atoms with van der Waals surface area (Å²) >= 11 is 0. The Morgan fingerprint density at radius 1 is 1.16 bits per heavy atom. The first kappa shape index (κ1) is 17.4. The van der Waals surface area contributed by atoms with Crippen LogP contribution in [0.1, 0.15) is 34.5 Å². The first-order valence-corrected chi connectivity index (χ1v) is 8.81. The molecule has 0 spiro atoms. The lowest BCUT2D eigenvalue weighted by molar-refractivity contribution is -0.670. The quantitative estimate of drug-likeness (QED) is 0.553. The van der Waals surface area contributed by atoms with Gasteiger partial charge >= 0.3 is 5.63 Å². The van der Waals surface area contributed by atoms with Crippen molar-refractivity contribution in [2.45, 2.75) is 47.2 Å². The van der Waals surface area contributed by atoms with Crippen molar-refractivity contribution >= 4 is 11.0 Å². The van der Waals surface area contributed by atoms with Gasteiger partial charge in [0, 0.05) is 35.7 Å². The van der Waals surface area contributed by atoms with Crippen LogP contribution >= 0.6 is 0 Å². The van der Waals surface area contributed by atoms with Crippen LogP contribution in [0.5, 0.6) is 0 Å². The summed E-state index contributed by atoms with van der Waals surface area (Å²) in [5, 5.41) is 7.77. The lowest BCUT2D eigenvalue weighted by Gasteiger charge is -2.09. The maximum absolute atomic E-state index is 11.9. The second kappa shape index (κ2) is 7.23. The third-order valence-electron chi connectivity index (χ3n) is 4.76. The van der Waals surface area contributed by atoms with Gasteiger partial charge in [-0.1, -0.05) is 12.1 Å². The first-order valence-electron chi connectivity index (χ1n) is 8.81. The molecule has 0 aliphatic rings. The molecular weight excluding hydrogens is 314 g/mol. The van der Waals surface area contributed by atoms with Crippen molar-refractivity contribution < 1.29 is 9.73 Å². The van der Waals surface area contributed by atoms with Gasteiger partial charge in [0.25, 0.3) is 0 Å². The normalized spacial score (nSPS) is 11.4. The molecule has 0 amide bonds. The standard InChI is InChI=1S/C20H25N3O2/c1-13-6-7-18-17(11-19(24)25-20(18)16(13)4)12-21-8-5-9-23-15(3)10-14(2)22-23/h6-7,10-11,21H,5,8-9,12H2,1-4H3/p+1. The topological polar surface area (TPSA) is 64.6 Å². The Balaban J connectivity index is 1.64. The zero-order valence-electron chi connectivity index (χ0n) is 15.4. The number of hydrogen-bond donors (Lipinski definition) is 1. The lowest BCUT2D eigenvalue weighted by atomic mass is 10.0. The van der Waals surface area contributed by atoms with Crippen LogP contribution in [0, 0.1) is 27.7 Å². The molecule has 0 fully saturated rings. The average molecular weight is 340 g/mol. The molecule has 2 N–H and O–H groups in total. The second-order valence-corrected chi connectivity index (χ2v) is 6.76. The zero-order valence-corrected chi connectivity index (χ0v) is 15.4. The van der Waals surface area contributed by atoms with E-state index in [9.17, 15) is 4.79 Å². The minimum atomic E-state index is -0.271. The molecule has 0 bridgehead atoms. The summed E-state index contributed by atoms with van der Waals surface area (Å²) in [6, 6.07) is 7.86. The molecule has 25 heavy (non-hydrogen) atoms. The van der Waals surface area contributed by atoms with E-state index in [1.165, 1.54) is 5.69 Å². The Labute approximate surface area is 147 Å². The van der Waals surface area contributed by atoms with Crippen molar-refractivity contribution in [1.82, 2.24) is 9.78 Å². The molecule has 0 aliphatic heterocycles. The van der Waals surface area contributed by atoms with E-state index < -0.39 is 0 Å². The highest BCUT2D eigenvalue weighted by atomic mass is 16.4. The minimum absolute atomic E-state index is 0.271. The van der Waals surface area contributed by atoms with Crippen LogP contribution in [0.4, 0.5) is 0 Å². The van der Waals surface area contributed by atoms with Crippen molar-refractivity contribution in [2.24, 2.45) is 0 Å². The molecule has 0 aliphatic carbocycles. The molecule has 0 atom stereocenters. The van der Waals surface area contributed by atoms with Crippen molar-refractivity contribution in [2.75, 3.05) is 6.54 Å². The number of nitrogens with two attached hydrogens (primary N) is 1. The van der Waals surface area contributed by atoms with Gasteiger partial charge in [0.1, 0.15) is 12.1 Å². The number of aromatic nitrogens is 2. The van der Waals surface area contributed by atoms with Crippen molar-refractivity contribution in [3.63, 3.8) is 0 Å². The van der Waals surface area contributed by atoms with Gasteiger partial charge in [-0.15, -0.1) is 0 Å². The Hall–Kier alpha value is -2.40. The summed E-state index contributed by atoms with van der Waals surface area (Å²) in [6.45, 7) is 10.8. The summed E-state index contributed by atoms with van der Waals surface area (Å²) in [5.41, 5.74) is 5.94. The summed E-state index contributed by atoms with van der Waals surface area (Å²) in [7, 11) is 0. The van der Waals surface area contributed by atoms with Crippen LogP contribution in [0.25, 0.3) is 11.0 Å². The zero-order chi connectivity index (χ0) is 18.0. The molecule has 0 radical (unpaired) electrons. The first-order chi connectivity index (χ1) is 12.0. The molecule has 5 heteroatoms. The highest BCUT2D eigenvalue weighted by Crippen LogP contribution is 2.22. The fourth-order valence-corrected chi connectivity index (χ4v) is 3.24. The highest BCUT2D eigenvalue weighted by Gasteiger charge is 2.10. The van der Waals surface area contributed by atoms with Gasteiger partial charge in [0.2, 0.25) is 0 Å². The highest BCUT2D eigenvalue weighted by molar-refractivity contribution is 5.83. The monoisotopic (exact) mass is 340 g/mol. The Morgan fingerprint density at radius 2 is 1.96 bits per heavy atom. The van der Waals surface area contributed by atoms with E-state index in [-0.39, 0.29) is 5.63 Å². The van der Waals surface area contributed by atoms with Gasteiger partial charge in [-0.2, -0.15) is 5.10 Å². The molecule has 1 aromatic carbocycles. The van der Waals surface area contributed by atoms with Gasteiger partial charge in [-0.3, -0.25) is 4.68 Å². The SMILES string of the molecule is Cc1cc(C)n(CCC[NH2+]Cc2cc(=O)oc3c(C)c(C)ccc23)n1. The van der Waals surface area contributed by atoms with Crippen molar-refractivity contribution in [3.8, 4) is 0 Å². The predicted octanol–water partition coefficient (Wildman–Crippen LogP) is 2.38. The fourth-order valence-electron chi connectivity index (χ4n) is 3.24. The second-order valence-electron chi connectivity index (χ2n) is 6.76. The maximum Gasteiger partial charge on any atom is 0.336 e. The molecule has 5 nitrogen and oxygen atoms in total. The predicted molar refractivity (Wildman–Crippen MR) is 98.8 cm³/mol. The van der Waals surface area contributed by atoms with E-state index in [0.29, 0.717) is 0 Å². The van der Waals surface area contributed by atoms with Crippen LogP contribution in [0.15, 0.2) is 33.5 Å². The van der Waals surface area contributed by atoms with Crippen molar-refractivity contribution in [3.05, 3.63) is 62.8 Å². The molecule has 0 unspecified atom stereocenters. The number of rotatable bonds is 6. The van der Waals surface area contributed by atoms with Gasteiger partial charge in [0.15, 0.2) is 0 Å². The van der Waals surface area contributed by atoms with Crippen LogP contribution < -0.4 is 10.9 Å². The molecular formula is C20H26N3O2+. The number of hydrogen-bond acceptors (Lipinski definition) is 3. The number of fused-ring (bicyclic) bond motifs is 1. The largest absolute Gasteiger partial charge is 0.422 e. The summed E-state index contributed by atoms with van der Waals surface area (Å²) in [6.07, 6.45) is 1.04. The summed E-state index contributed by atoms with van der Waals surface area (Å²) in [4.78, 5) is 11.9. The smallest absolute Gasteiger partial charge is 0.336 e. The van der Waals surface area contributed by atoms with Crippen LogP contribution in [-0.4, -0.2) is 16.3 Å². The molecule has 0 saturated carbocycles. The van der Waals surface area contributed by atoms with Crippen molar-refractivity contribution in [1.29, 1.82) is 0 Å². The van der Waals surface area contributed by atoms with Gasteiger partial charge in [-0.05, 0) is 44.9 Å². The van der Waals surface area contributed by atoms with Gasteiger partial charge in [-0.25, -0.2) is 4.79 Å². The Morgan fingerprint density at radius 3 is 2.68 bits per heavy atom. The Bertz CT molecular complexity index is 953. The average Bonchev–Trinajstić information content (AvgIpc) is 2.88. The van der Waals surface area contributed by atoms with E-state index >= 15 is 0 Å². The molecule has 3 rings (SSSR count). The van der Waals surface area contributed by atoms with Crippen LogP contribution in [0.2, 0.25) is 0 Å². The van der Waals surface area contributed by atoms with E-state index in [2.05, 4.69) is 40.2 Å². The fraction of sp³-hybridized carbons (Fsp3) is 0.400. The molecule has 3 aromatic rings. The van der Waals surface area contributed by atoms with Gasteiger partial charge in [0.05, 0.1) is 12.2 Å². The number of nitrogens with zero attached hydrogens (tertiary/aromatic N) is 2. The third-order valence-corrected chi connectivity index (χ3v) is 4.76. The van der Waals surface area contributed by atoms with Crippen LogP contribution in [-0.2, 0) is 13.1 Å². The summed E-state index contributed by atoms with van der Waals surface area (Å²) in [5.74, 6) is 0. The maximum atomic E-state index is 11.9. The summed E-state index contributed by atoms with van der Waals surface area (Å²) < 4.78 is 7.49. The molecule has 132 valence electrons. The van der Waals surface area contributed by atoms with Gasteiger partial charge < -0.3 is 9.73 Å². The molecule has 0 saturated heterocycles. The number of benzene rings is 1. The number of aryl methyl sites for hydroxylation is 5. The third kappa shape index (κ3) is 3.82.